The number of hydrogen-bond acceptors (Lipinski definition) is 3. The van der Waals surface area contributed by atoms with Crippen LogP contribution < -0.4 is 5.73 Å². The molecular formula is C13H18BrClN2S. The van der Waals surface area contributed by atoms with E-state index in [1.807, 2.05) is 23.9 Å². The minimum absolute atomic E-state index is 0.203. The zero-order valence-corrected chi connectivity index (χ0v) is 13.6. The summed E-state index contributed by atoms with van der Waals surface area (Å²) >= 11 is 11.8. The lowest BCUT2D eigenvalue weighted by atomic mass is 10.0. The van der Waals surface area contributed by atoms with E-state index in [4.69, 9.17) is 17.3 Å². The van der Waals surface area contributed by atoms with E-state index in [0.29, 0.717) is 12.6 Å². The summed E-state index contributed by atoms with van der Waals surface area (Å²) in [6.45, 7) is 0.596. The van der Waals surface area contributed by atoms with Crippen LogP contribution >= 0.6 is 39.3 Å². The Bertz CT molecular complexity index is 410. The van der Waals surface area contributed by atoms with Gasteiger partial charge >= 0.3 is 0 Å². The third kappa shape index (κ3) is 3.23. The van der Waals surface area contributed by atoms with Crippen LogP contribution in [0.2, 0.25) is 5.02 Å². The van der Waals surface area contributed by atoms with Gasteiger partial charge in [-0.1, -0.05) is 33.6 Å². The number of nitrogens with two attached hydrogens (primary N) is 1. The second kappa shape index (κ2) is 6.62. The topological polar surface area (TPSA) is 29.3 Å². The van der Waals surface area contributed by atoms with Crippen LogP contribution in [0.3, 0.4) is 0 Å². The molecule has 2 N–H and O–H groups in total. The summed E-state index contributed by atoms with van der Waals surface area (Å²) in [5, 5.41) is 0.789. The van der Waals surface area contributed by atoms with Crippen molar-refractivity contribution in [3.63, 3.8) is 0 Å². The van der Waals surface area contributed by atoms with Crippen molar-refractivity contribution in [3.05, 3.63) is 33.3 Å². The van der Waals surface area contributed by atoms with Crippen LogP contribution in [0.1, 0.15) is 18.0 Å². The van der Waals surface area contributed by atoms with Crippen molar-refractivity contribution < 1.29 is 0 Å². The van der Waals surface area contributed by atoms with Crippen LogP contribution in [0.15, 0.2) is 22.7 Å². The minimum atomic E-state index is 0.203. The van der Waals surface area contributed by atoms with Crippen LogP contribution in [-0.4, -0.2) is 36.0 Å². The zero-order chi connectivity index (χ0) is 13.1. The number of likely N-dealkylation sites (N-methyl/N-ethyl adjacent to an activating group) is 1. The quantitative estimate of drug-likeness (QED) is 0.901. The van der Waals surface area contributed by atoms with Gasteiger partial charge in [0.25, 0.3) is 0 Å². The van der Waals surface area contributed by atoms with Gasteiger partial charge in [-0.3, -0.25) is 4.90 Å². The van der Waals surface area contributed by atoms with Crippen LogP contribution in [-0.2, 0) is 0 Å². The number of benzene rings is 1. The molecule has 0 radical (unpaired) electrons. The van der Waals surface area contributed by atoms with Crippen molar-refractivity contribution in [3.8, 4) is 0 Å². The highest BCUT2D eigenvalue weighted by atomic mass is 79.9. The summed E-state index contributed by atoms with van der Waals surface area (Å²) in [6, 6.07) is 6.86. The fourth-order valence-corrected chi connectivity index (χ4v) is 4.46. The van der Waals surface area contributed by atoms with Gasteiger partial charge < -0.3 is 5.73 Å². The van der Waals surface area contributed by atoms with E-state index in [2.05, 4.69) is 33.9 Å². The molecule has 1 aromatic rings. The lowest BCUT2D eigenvalue weighted by Gasteiger charge is -2.32. The van der Waals surface area contributed by atoms with Gasteiger partial charge in [-0.2, -0.15) is 11.8 Å². The molecule has 18 heavy (non-hydrogen) atoms. The van der Waals surface area contributed by atoms with Crippen molar-refractivity contribution in [2.75, 3.05) is 25.1 Å². The minimum Gasteiger partial charge on any atom is -0.329 e. The maximum Gasteiger partial charge on any atom is 0.0485 e. The molecule has 0 amide bonds. The largest absolute Gasteiger partial charge is 0.329 e. The molecule has 1 heterocycles. The standard InChI is InChI=1S/C13H18BrClN2S/c1-17(10-4-5-18-8-10)13(7-16)11-3-2-9(14)6-12(11)15/h2-3,6,10,13H,4-5,7-8,16H2,1H3. The molecule has 5 heteroatoms. The summed E-state index contributed by atoms with van der Waals surface area (Å²) in [5.74, 6) is 2.45. The van der Waals surface area contributed by atoms with Crippen molar-refractivity contribution in [1.29, 1.82) is 0 Å². The Morgan fingerprint density at radius 2 is 2.39 bits per heavy atom. The van der Waals surface area contributed by atoms with E-state index in [1.165, 1.54) is 17.9 Å². The van der Waals surface area contributed by atoms with Crippen LogP contribution in [0.25, 0.3) is 0 Å². The Labute approximate surface area is 126 Å². The number of thioether (sulfide) groups is 1. The fourth-order valence-electron chi connectivity index (χ4n) is 2.38. The molecule has 2 nitrogen and oxygen atoms in total. The normalized spacial score (nSPS) is 21.5. The van der Waals surface area contributed by atoms with Gasteiger partial charge in [-0.25, -0.2) is 0 Å². The smallest absolute Gasteiger partial charge is 0.0485 e. The van der Waals surface area contributed by atoms with Crippen molar-refractivity contribution >= 4 is 39.3 Å². The molecule has 1 fully saturated rings. The second-order valence-corrected chi connectivity index (χ2v) is 7.07. The van der Waals surface area contributed by atoms with Crippen LogP contribution in [0.5, 0.6) is 0 Å². The fraction of sp³-hybridized carbons (Fsp3) is 0.538. The number of nitrogens with zero attached hydrogens (tertiary/aromatic N) is 1. The van der Waals surface area contributed by atoms with Crippen LogP contribution in [0, 0.1) is 0 Å². The SMILES string of the molecule is CN(C1CCSC1)C(CN)c1ccc(Br)cc1Cl. The molecule has 2 unspecified atom stereocenters. The first kappa shape index (κ1) is 14.7. The molecule has 1 saturated heterocycles. The number of halogens is 2. The van der Waals surface area contributed by atoms with E-state index in [-0.39, 0.29) is 6.04 Å². The highest BCUT2D eigenvalue weighted by Gasteiger charge is 2.27. The maximum atomic E-state index is 6.34. The zero-order valence-electron chi connectivity index (χ0n) is 10.4. The summed E-state index contributed by atoms with van der Waals surface area (Å²) in [5.41, 5.74) is 7.09. The maximum absolute atomic E-state index is 6.34. The Balaban J connectivity index is 2.21. The first-order valence-corrected chi connectivity index (χ1v) is 8.40. The van der Waals surface area contributed by atoms with E-state index in [1.54, 1.807) is 0 Å². The molecule has 0 aliphatic carbocycles. The third-order valence-electron chi connectivity index (χ3n) is 3.52. The average molecular weight is 350 g/mol. The molecule has 1 aliphatic rings. The summed E-state index contributed by atoms with van der Waals surface area (Å²) < 4.78 is 1.01. The van der Waals surface area contributed by atoms with Crippen molar-refractivity contribution in [2.45, 2.75) is 18.5 Å². The lowest BCUT2D eigenvalue weighted by molar-refractivity contribution is 0.193. The van der Waals surface area contributed by atoms with Gasteiger partial charge in [-0.15, -0.1) is 0 Å². The van der Waals surface area contributed by atoms with Crippen LogP contribution in [0.4, 0.5) is 0 Å². The van der Waals surface area contributed by atoms with Gasteiger partial charge in [0.2, 0.25) is 0 Å². The first-order valence-electron chi connectivity index (χ1n) is 6.08. The van der Waals surface area contributed by atoms with Gasteiger partial charge in [-0.05, 0) is 36.9 Å². The van der Waals surface area contributed by atoms with E-state index >= 15 is 0 Å². The number of hydrogen-bond donors (Lipinski definition) is 1. The Hall–Kier alpha value is 0.260. The lowest BCUT2D eigenvalue weighted by Crippen LogP contribution is -2.38. The molecule has 2 rings (SSSR count). The third-order valence-corrected chi connectivity index (χ3v) is 5.48. The molecular weight excluding hydrogens is 332 g/mol. The highest BCUT2D eigenvalue weighted by molar-refractivity contribution is 9.10. The van der Waals surface area contributed by atoms with Gasteiger partial charge in [0, 0.05) is 33.9 Å². The van der Waals surface area contributed by atoms with Crippen molar-refractivity contribution in [1.82, 2.24) is 4.90 Å². The molecule has 1 aliphatic heterocycles. The predicted molar refractivity (Wildman–Crippen MR) is 84.4 cm³/mol. The molecule has 0 saturated carbocycles. The molecule has 2 atom stereocenters. The van der Waals surface area contributed by atoms with Gasteiger partial charge in [0.1, 0.15) is 0 Å². The monoisotopic (exact) mass is 348 g/mol. The van der Waals surface area contributed by atoms with E-state index < -0.39 is 0 Å². The van der Waals surface area contributed by atoms with E-state index in [9.17, 15) is 0 Å². The van der Waals surface area contributed by atoms with Gasteiger partial charge in [0.05, 0.1) is 0 Å². The molecule has 0 spiro atoms. The van der Waals surface area contributed by atoms with Gasteiger partial charge in [0.15, 0.2) is 0 Å². The highest BCUT2D eigenvalue weighted by Crippen LogP contribution is 2.32. The van der Waals surface area contributed by atoms with Crippen molar-refractivity contribution in [2.24, 2.45) is 5.73 Å². The average Bonchev–Trinajstić information content (AvgIpc) is 2.86. The molecule has 1 aromatic carbocycles. The molecule has 0 bridgehead atoms. The summed E-state index contributed by atoms with van der Waals surface area (Å²) in [7, 11) is 2.16. The second-order valence-electron chi connectivity index (χ2n) is 4.60. The molecule has 0 aromatic heterocycles. The molecule has 100 valence electrons. The summed E-state index contributed by atoms with van der Waals surface area (Å²) in [6.07, 6.45) is 1.24. The Morgan fingerprint density at radius 1 is 1.61 bits per heavy atom. The summed E-state index contributed by atoms with van der Waals surface area (Å²) in [4.78, 5) is 2.38. The van der Waals surface area contributed by atoms with E-state index in [0.717, 1.165) is 15.1 Å². The predicted octanol–water partition coefficient (Wildman–Crippen LogP) is 3.54. The first-order chi connectivity index (χ1) is 8.63. The Morgan fingerprint density at radius 3 is 2.94 bits per heavy atom. The number of rotatable bonds is 4. The Kier molecular flexibility index (Phi) is 5.39.